The molecule has 1 fully saturated rings. The SMILES string of the molecule is CC1=NN(c2ccc(C(=O)NCc3ccc(N4CCC(C)CC4)nc3)cc2)CC1. The summed E-state index contributed by atoms with van der Waals surface area (Å²) >= 11 is 0. The first-order chi connectivity index (χ1) is 14.1. The average molecular weight is 392 g/mol. The Morgan fingerprint density at radius 2 is 1.86 bits per heavy atom. The van der Waals surface area contributed by atoms with Crippen LogP contribution >= 0.6 is 0 Å². The summed E-state index contributed by atoms with van der Waals surface area (Å²) in [6.45, 7) is 7.87. The van der Waals surface area contributed by atoms with E-state index in [0.717, 1.165) is 54.8 Å². The van der Waals surface area contributed by atoms with Gasteiger partial charge in [0.2, 0.25) is 0 Å². The second-order valence-corrected chi connectivity index (χ2v) is 8.13. The highest BCUT2D eigenvalue weighted by atomic mass is 16.1. The lowest BCUT2D eigenvalue weighted by Crippen LogP contribution is -2.33. The third-order valence-corrected chi connectivity index (χ3v) is 5.77. The van der Waals surface area contributed by atoms with Crippen LogP contribution in [0.5, 0.6) is 0 Å². The predicted octanol–water partition coefficient (Wildman–Crippen LogP) is 3.83. The number of nitrogens with zero attached hydrogens (tertiary/aromatic N) is 4. The van der Waals surface area contributed by atoms with Crippen molar-refractivity contribution in [2.45, 2.75) is 39.7 Å². The van der Waals surface area contributed by atoms with Gasteiger partial charge in [-0.15, -0.1) is 0 Å². The summed E-state index contributed by atoms with van der Waals surface area (Å²) in [6, 6.07) is 11.7. The van der Waals surface area contributed by atoms with Crippen molar-refractivity contribution < 1.29 is 4.79 Å². The van der Waals surface area contributed by atoms with Crippen molar-refractivity contribution in [2.75, 3.05) is 29.5 Å². The molecule has 0 unspecified atom stereocenters. The van der Waals surface area contributed by atoms with Gasteiger partial charge in [0.1, 0.15) is 5.82 Å². The summed E-state index contributed by atoms with van der Waals surface area (Å²) in [5.41, 5.74) is 3.82. The molecule has 3 heterocycles. The number of benzene rings is 1. The molecule has 0 saturated carbocycles. The molecule has 2 aliphatic heterocycles. The van der Waals surface area contributed by atoms with E-state index in [-0.39, 0.29) is 5.91 Å². The Bertz CT molecular complexity index is 867. The molecule has 2 aliphatic rings. The van der Waals surface area contributed by atoms with Gasteiger partial charge in [-0.3, -0.25) is 9.80 Å². The van der Waals surface area contributed by atoms with Crippen molar-refractivity contribution in [2.24, 2.45) is 11.0 Å². The van der Waals surface area contributed by atoms with E-state index >= 15 is 0 Å². The van der Waals surface area contributed by atoms with Crippen LogP contribution in [0, 0.1) is 5.92 Å². The molecule has 1 aromatic heterocycles. The molecular weight excluding hydrogens is 362 g/mol. The van der Waals surface area contributed by atoms with Gasteiger partial charge in [0.25, 0.3) is 5.91 Å². The topological polar surface area (TPSA) is 60.8 Å². The molecule has 1 aromatic carbocycles. The zero-order valence-electron chi connectivity index (χ0n) is 17.3. The highest BCUT2D eigenvalue weighted by molar-refractivity contribution is 5.94. The Kier molecular flexibility index (Phi) is 5.79. The van der Waals surface area contributed by atoms with Gasteiger partial charge in [0.05, 0.1) is 5.69 Å². The Hall–Kier alpha value is -2.89. The number of piperidine rings is 1. The molecule has 4 rings (SSSR count). The maximum absolute atomic E-state index is 12.5. The lowest BCUT2D eigenvalue weighted by molar-refractivity contribution is 0.0951. The maximum atomic E-state index is 12.5. The van der Waals surface area contributed by atoms with E-state index in [0.29, 0.717) is 12.1 Å². The molecule has 6 heteroatoms. The van der Waals surface area contributed by atoms with Crippen molar-refractivity contribution >= 4 is 23.1 Å². The van der Waals surface area contributed by atoms with E-state index in [1.807, 2.05) is 42.4 Å². The van der Waals surface area contributed by atoms with Crippen LogP contribution in [-0.4, -0.2) is 36.2 Å². The smallest absolute Gasteiger partial charge is 0.251 e. The maximum Gasteiger partial charge on any atom is 0.251 e. The molecule has 0 atom stereocenters. The molecule has 1 saturated heterocycles. The first kappa shape index (κ1) is 19.4. The van der Waals surface area contributed by atoms with Gasteiger partial charge in [-0.25, -0.2) is 4.98 Å². The van der Waals surface area contributed by atoms with Crippen LogP contribution in [0.25, 0.3) is 0 Å². The van der Waals surface area contributed by atoms with Crippen molar-refractivity contribution in [1.29, 1.82) is 0 Å². The van der Waals surface area contributed by atoms with Crippen molar-refractivity contribution in [3.05, 3.63) is 53.7 Å². The van der Waals surface area contributed by atoms with E-state index < -0.39 is 0 Å². The van der Waals surface area contributed by atoms with Gasteiger partial charge >= 0.3 is 0 Å². The fourth-order valence-electron chi connectivity index (χ4n) is 3.78. The van der Waals surface area contributed by atoms with Crippen molar-refractivity contribution in [3.63, 3.8) is 0 Å². The summed E-state index contributed by atoms with van der Waals surface area (Å²) in [5.74, 6) is 1.76. The number of rotatable bonds is 5. The zero-order valence-corrected chi connectivity index (χ0v) is 17.3. The number of amides is 1. The number of carbonyl (C=O) groups is 1. The lowest BCUT2D eigenvalue weighted by atomic mass is 9.99. The number of hydrogen-bond donors (Lipinski definition) is 1. The van der Waals surface area contributed by atoms with Crippen LogP contribution in [-0.2, 0) is 6.54 Å². The first-order valence-electron chi connectivity index (χ1n) is 10.5. The molecule has 1 amide bonds. The zero-order chi connectivity index (χ0) is 20.2. The molecule has 29 heavy (non-hydrogen) atoms. The number of aromatic nitrogens is 1. The highest BCUT2D eigenvalue weighted by Gasteiger charge is 2.17. The molecule has 2 aromatic rings. The summed E-state index contributed by atoms with van der Waals surface area (Å²) in [7, 11) is 0. The van der Waals surface area contributed by atoms with E-state index in [1.165, 1.54) is 12.8 Å². The Morgan fingerprint density at radius 1 is 1.10 bits per heavy atom. The Morgan fingerprint density at radius 3 is 2.48 bits per heavy atom. The second-order valence-electron chi connectivity index (χ2n) is 8.13. The van der Waals surface area contributed by atoms with Gasteiger partial charge in [-0.2, -0.15) is 5.10 Å². The third kappa shape index (κ3) is 4.75. The molecule has 1 N–H and O–H groups in total. The van der Waals surface area contributed by atoms with Crippen LogP contribution in [0.4, 0.5) is 11.5 Å². The largest absolute Gasteiger partial charge is 0.357 e. The minimum atomic E-state index is -0.0771. The van der Waals surface area contributed by atoms with E-state index in [1.54, 1.807) is 0 Å². The first-order valence-corrected chi connectivity index (χ1v) is 10.5. The average Bonchev–Trinajstić information content (AvgIpc) is 3.19. The van der Waals surface area contributed by atoms with Crippen LogP contribution in [0.2, 0.25) is 0 Å². The number of pyridine rings is 1. The van der Waals surface area contributed by atoms with Crippen LogP contribution in [0.15, 0.2) is 47.7 Å². The quantitative estimate of drug-likeness (QED) is 0.841. The van der Waals surface area contributed by atoms with Crippen LogP contribution in [0.1, 0.15) is 49.0 Å². The van der Waals surface area contributed by atoms with Gasteiger partial charge < -0.3 is 10.2 Å². The molecule has 6 nitrogen and oxygen atoms in total. The highest BCUT2D eigenvalue weighted by Crippen LogP contribution is 2.22. The number of hydrogen-bond acceptors (Lipinski definition) is 5. The molecule has 0 bridgehead atoms. The van der Waals surface area contributed by atoms with E-state index in [2.05, 4.69) is 39.4 Å². The molecular formula is C23H29N5O. The van der Waals surface area contributed by atoms with Gasteiger partial charge in [-0.1, -0.05) is 13.0 Å². The second kappa shape index (κ2) is 8.64. The molecule has 0 aliphatic carbocycles. The van der Waals surface area contributed by atoms with Crippen molar-refractivity contribution in [1.82, 2.24) is 10.3 Å². The van der Waals surface area contributed by atoms with Crippen LogP contribution < -0.4 is 15.2 Å². The fraction of sp³-hybridized carbons (Fsp3) is 0.435. The third-order valence-electron chi connectivity index (χ3n) is 5.77. The summed E-state index contributed by atoms with van der Waals surface area (Å²) in [4.78, 5) is 19.4. The Labute approximate surface area is 172 Å². The fourth-order valence-corrected chi connectivity index (χ4v) is 3.78. The molecule has 0 spiro atoms. The minimum Gasteiger partial charge on any atom is -0.357 e. The number of hydrazone groups is 1. The van der Waals surface area contributed by atoms with Crippen molar-refractivity contribution in [3.8, 4) is 0 Å². The molecule has 0 radical (unpaired) electrons. The Balaban J connectivity index is 1.30. The van der Waals surface area contributed by atoms with Gasteiger partial charge in [-0.05, 0) is 61.6 Å². The number of anilines is 2. The number of nitrogens with one attached hydrogen (secondary N) is 1. The van der Waals surface area contributed by atoms with Gasteiger partial charge in [0.15, 0.2) is 0 Å². The standard InChI is InChI=1S/C23H29N5O/c1-17-9-12-27(13-10-17)22-8-3-19(15-24-22)16-25-23(29)20-4-6-21(7-5-20)28-14-11-18(2)26-28/h3-8,15,17H,9-14,16H2,1-2H3,(H,25,29). The van der Waals surface area contributed by atoms with Crippen LogP contribution in [0.3, 0.4) is 0 Å². The molecule has 152 valence electrons. The minimum absolute atomic E-state index is 0.0771. The lowest BCUT2D eigenvalue weighted by Gasteiger charge is -2.31. The van der Waals surface area contributed by atoms with E-state index in [4.69, 9.17) is 0 Å². The normalized spacial score (nSPS) is 17.4. The van der Waals surface area contributed by atoms with Gasteiger partial charge in [0, 0.05) is 50.1 Å². The summed E-state index contributed by atoms with van der Waals surface area (Å²) < 4.78 is 0. The predicted molar refractivity (Wildman–Crippen MR) is 118 cm³/mol. The van der Waals surface area contributed by atoms with E-state index in [9.17, 15) is 4.79 Å². The summed E-state index contributed by atoms with van der Waals surface area (Å²) in [6.07, 6.45) is 5.31. The monoisotopic (exact) mass is 391 g/mol. The summed E-state index contributed by atoms with van der Waals surface area (Å²) in [5, 5.41) is 9.45. The number of carbonyl (C=O) groups excluding carboxylic acids is 1.